The molecule has 0 saturated heterocycles. The summed E-state index contributed by atoms with van der Waals surface area (Å²) in [6.45, 7) is 2.48. The zero-order valence-corrected chi connectivity index (χ0v) is 16.5. The van der Waals surface area contributed by atoms with Crippen molar-refractivity contribution < 1.29 is 9.53 Å². The van der Waals surface area contributed by atoms with Gasteiger partial charge in [-0.3, -0.25) is 10.1 Å². The lowest BCUT2D eigenvalue weighted by Crippen LogP contribution is -2.34. The molecule has 0 atom stereocenters. The lowest BCUT2D eigenvalue weighted by molar-refractivity contribution is 0.0977. The van der Waals surface area contributed by atoms with E-state index in [4.69, 9.17) is 17.0 Å². The van der Waals surface area contributed by atoms with E-state index in [1.807, 2.05) is 67.6 Å². The van der Waals surface area contributed by atoms with Crippen molar-refractivity contribution in [3.05, 3.63) is 95.6 Å². The Morgan fingerprint density at radius 2 is 1.71 bits per heavy atom. The Labute approximate surface area is 170 Å². The monoisotopic (exact) mass is 390 g/mol. The van der Waals surface area contributed by atoms with E-state index in [0.29, 0.717) is 12.2 Å². The predicted octanol–water partition coefficient (Wildman–Crippen LogP) is 4.74. The smallest absolute Gasteiger partial charge is 0.257 e. The van der Waals surface area contributed by atoms with Crippen LogP contribution in [0, 0.1) is 6.92 Å². The molecule has 0 aliphatic rings. The first kappa shape index (κ1) is 19.6. The normalized spacial score (nSPS) is 10.2. The number of carbonyl (C=O) groups is 1. The lowest BCUT2D eigenvalue weighted by atomic mass is 10.1. The number of anilines is 1. The van der Waals surface area contributed by atoms with Gasteiger partial charge in [-0.15, -0.1) is 0 Å². The molecule has 3 aromatic rings. The molecule has 3 rings (SSSR count). The maximum absolute atomic E-state index is 12.3. The van der Waals surface area contributed by atoms with Crippen LogP contribution in [0.4, 0.5) is 5.69 Å². The van der Waals surface area contributed by atoms with Gasteiger partial charge in [-0.25, -0.2) is 0 Å². The molecule has 3 aromatic carbocycles. The van der Waals surface area contributed by atoms with Gasteiger partial charge < -0.3 is 10.1 Å². The number of benzene rings is 3. The molecule has 0 radical (unpaired) electrons. The molecule has 0 spiro atoms. The number of nitrogens with one attached hydrogen (secondary N) is 2. The highest BCUT2D eigenvalue weighted by Crippen LogP contribution is 2.18. The van der Waals surface area contributed by atoms with Crippen molar-refractivity contribution in [3.8, 4) is 5.75 Å². The van der Waals surface area contributed by atoms with Gasteiger partial charge in [0, 0.05) is 23.7 Å². The van der Waals surface area contributed by atoms with Crippen LogP contribution in [-0.2, 0) is 6.42 Å². The van der Waals surface area contributed by atoms with Gasteiger partial charge >= 0.3 is 0 Å². The van der Waals surface area contributed by atoms with E-state index >= 15 is 0 Å². The molecule has 0 aliphatic carbocycles. The number of amides is 1. The van der Waals surface area contributed by atoms with Crippen molar-refractivity contribution in [2.45, 2.75) is 13.3 Å². The Kier molecular flexibility index (Phi) is 6.76. The van der Waals surface area contributed by atoms with Gasteiger partial charge in [0.2, 0.25) is 0 Å². The number of hydrogen-bond donors (Lipinski definition) is 2. The fraction of sp³-hybridized carbons (Fsp3) is 0.130. The maximum atomic E-state index is 12.3. The van der Waals surface area contributed by atoms with Gasteiger partial charge in [0.1, 0.15) is 5.75 Å². The number of thiocarbonyl (C=S) groups is 1. The van der Waals surface area contributed by atoms with Gasteiger partial charge in [0.15, 0.2) is 5.11 Å². The van der Waals surface area contributed by atoms with Crippen molar-refractivity contribution in [2.75, 3.05) is 11.9 Å². The maximum Gasteiger partial charge on any atom is 0.257 e. The summed E-state index contributed by atoms with van der Waals surface area (Å²) < 4.78 is 5.83. The van der Waals surface area contributed by atoms with E-state index in [0.717, 1.165) is 23.4 Å². The van der Waals surface area contributed by atoms with Crippen LogP contribution in [0.5, 0.6) is 5.75 Å². The Balaban J connectivity index is 1.53. The number of hydrogen-bond acceptors (Lipinski definition) is 3. The van der Waals surface area contributed by atoms with Crippen LogP contribution in [0.3, 0.4) is 0 Å². The lowest BCUT2D eigenvalue weighted by Gasteiger charge is -2.12. The molecule has 0 aliphatic heterocycles. The molecule has 0 unspecified atom stereocenters. The van der Waals surface area contributed by atoms with Crippen LogP contribution in [0.1, 0.15) is 21.5 Å². The predicted molar refractivity (Wildman–Crippen MR) is 117 cm³/mol. The van der Waals surface area contributed by atoms with Crippen molar-refractivity contribution in [1.82, 2.24) is 5.32 Å². The molecule has 2 N–H and O–H groups in total. The Morgan fingerprint density at radius 3 is 2.50 bits per heavy atom. The van der Waals surface area contributed by atoms with Gasteiger partial charge in [-0.1, -0.05) is 54.6 Å². The summed E-state index contributed by atoms with van der Waals surface area (Å²) in [4.78, 5) is 12.3. The summed E-state index contributed by atoms with van der Waals surface area (Å²) in [6.07, 6.45) is 0.837. The minimum atomic E-state index is -0.231. The molecule has 0 heterocycles. The first-order valence-corrected chi connectivity index (χ1v) is 9.47. The topological polar surface area (TPSA) is 50.4 Å². The van der Waals surface area contributed by atoms with Crippen LogP contribution >= 0.6 is 12.2 Å². The fourth-order valence-corrected chi connectivity index (χ4v) is 2.97. The van der Waals surface area contributed by atoms with E-state index in [9.17, 15) is 4.79 Å². The van der Waals surface area contributed by atoms with Crippen LogP contribution in [-0.4, -0.2) is 17.6 Å². The highest BCUT2D eigenvalue weighted by molar-refractivity contribution is 7.80. The van der Waals surface area contributed by atoms with Gasteiger partial charge in [-0.05, 0) is 48.5 Å². The fourth-order valence-electron chi connectivity index (χ4n) is 2.76. The summed E-state index contributed by atoms with van der Waals surface area (Å²) in [5.74, 6) is 0.514. The number of ether oxygens (including phenoxy) is 1. The highest BCUT2D eigenvalue weighted by atomic mass is 32.1. The second kappa shape index (κ2) is 9.67. The highest BCUT2D eigenvalue weighted by Gasteiger charge is 2.10. The molecule has 142 valence electrons. The zero-order chi connectivity index (χ0) is 19.8. The first-order chi connectivity index (χ1) is 13.6. The Hall–Kier alpha value is -3.18. The van der Waals surface area contributed by atoms with Crippen LogP contribution in [0.25, 0.3) is 0 Å². The van der Waals surface area contributed by atoms with Crippen molar-refractivity contribution in [1.29, 1.82) is 0 Å². The third-order valence-electron chi connectivity index (χ3n) is 4.21. The number of aryl methyl sites for hydroxylation is 1. The number of carbonyl (C=O) groups excluding carboxylic acids is 1. The van der Waals surface area contributed by atoms with E-state index in [-0.39, 0.29) is 11.0 Å². The number of rotatable bonds is 6. The molecule has 4 nitrogen and oxygen atoms in total. The summed E-state index contributed by atoms with van der Waals surface area (Å²) in [7, 11) is 0. The summed E-state index contributed by atoms with van der Waals surface area (Å²) in [5, 5.41) is 5.99. The van der Waals surface area contributed by atoms with E-state index in [1.165, 1.54) is 5.56 Å². The summed E-state index contributed by atoms with van der Waals surface area (Å²) >= 11 is 5.27. The molecule has 1 amide bonds. The second-order valence-corrected chi connectivity index (χ2v) is 6.74. The van der Waals surface area contributed by atoms with Crippen molar-refractivity contribution in [3.63, 3.8) is 0 Å². The quantitative estimate of drug-likeness (QED) is 0.597. The summed E-state index contributed by atoms with van der Waals surface area (Å²) in [6, 6.07) is 25.1. The van der Waals surface area contributed by atoms with Crippen molar-refractivity contribution >= 4 is 28.9 Å². The standard InChI is InChI=1S/C23H22N2O2S/c1-17-8-5-6-13-21(17)22(26)25-23(28)24-19-11-7-12-20(16-19)27-15-14-18-9-3-2-4-10-18/h2-13,16H,14-15H2,1H3,(H2,24,25,26,28). The van der Waals surface area contributed by atoms with Crippen LogP contribution < -0.4 is 15.4 Å². The van der Waals surface area contributed by atoms with Crippen LogP contribution in [0.15, 0.2) is 78.9 Å². The van der Waals surface area contributed by atoms with Gasteiger partial charge in [0.25, 0.3) is 5.91 Å². The first-order valence-electron chi connectivity index (χ1n) is 9.06. The third kappa shape index (κ3) is 5.66. The summed E-state index contributed by atoms with van der Waals surface area (Å²) in [5.41, 5.74) is 3.49. The van der Waals surface area contributed by atoms with E-state index in [2.05, 4.69) is 22.8 Å². The third-order valence-corrected chi connectivity index (χ3v) is 4.42. The average molecular weight is 391 g/mol. The van der Waals surface area contributed by atoms with Gasteiger partial charge in [-0.2, -0.15) is 0 Å². The van der Waals surface area contributed by atoms with E-state index in [1.54, 1.807) is 6.07 Å². The van der Waals surface area contributed by atoms with Gasteiger partial charge in [0.05, 0.1) is 6.61 Å². The molecule has 5 heteroatoms. The molecule has 0 bridgehead atoms. The van der Waals surface area contributed by atoms with E-state index < -0.39 is 0 Å². The zero-order valence-electron chi connectivity index (χ0n) is 15.6. The van der Waals surface area contributed by atoms with Crippen molar-refractivity contribution in [2.24, 2.45) is 0 Å². The molecule has 0 aromatic heterocycles. The van der Waals surface area contributed by atoms with Crippen LogP contribution in [0.2, 0.25) is 0 Å². The Bertz CT molecular complexity index is 958. The molecular formula is C23H22N2O2S. The molecule has 0 fully saturated rings. The SMILES string of the molecule is Cc1ccccc1C(=O)NC(=S)Nc1cccc(OCCc2ccccc2)c1. The molecule has 0 saturated carbocycles. The average Bonchev–Trinajstić information content (AvgIpc) is 2.69. The minimum absolute atomic E-state index is 0.231. The molecular weight excluding hydrogens is 368 g/mol. The second-order valence-electron chi connectivity index (χ2n) is 6.34. The largest absolute Gasteiger partial charge is 0.493 e. The minimum Gasteiger partial charge on any atom is -0.493 e. The molecule has 28 heavy (non-hydrogen) atoms. The Morgan fingerprint density at radius 1 is 0.964 bits per heavy atom.